The van der Waals surface area contributed by atoms with Crippen molar-refractivity contribution < 1.29 is 19.4 Å². The van der Waals surface area contributed by atoms with Gasteiger partial charge in [-0.2, -0.15) is 11.8 Å². The van der Waals surface area contributed by atoms with Crippen molar-refractivity contribution in [2.75, 3.05) is 18.6 Å². The van der Waals surface area contributed by atoms with Crippen molar-refractivity contribution in [1.82, 2.24) is 5.32 Å². The highest BCUT2D eigenvalue weighted by atomic mass is 32.2. The molecule has 15 heavy (non-hydrogen) atoms. The molecule has 0 heterocycles. The summed E-state index contributed by atoms with van der Waals surface area (Å²) in [4.78, 5) is 22.1. The van der Waals surface area contributed by atoms with Crippen LogP contribution in [0.1, 0.15) is 6.92 Å². The van der Waals surface area contributed by atoms with E-state index in [1.165, 1.54) is 24.8 Å². The van der Waals surface area contributed by atoms with Crippen molar-refractivity contribution in [3.8, 4) is 0 Å². The summed E-state index contributed by atoms with van der Waals surface area (Å²) < 4.78 is 4.64. The first-order valence-electron chi connectivity index (χ1n) is 4.24. The lowest BCUT2D eigenvalue weighted by Crippen LogP contribution is -2.54. The molecule has 86 valence electrons. The van der Waals surface area contributed by atoms with Gasteiger partial charge in [0.1, 0.15) is 12.1 Å². The molecular formula is C9H15NO4S. The second-order valence-corrected chi connectivity index (χ2v) is 3.95. The van der Waals surface area contributed by atoms with Crippen molar-refractivity contribution in [1.29, 1.82) is 0 Å². The molecule has 2 N–H and O–H groups in total. The smallest absolute Gasteiger partial charge is 0.408 e. The number of aliphatic carboxylic acids is 1. The van der Waals surface area contributed by atoms with Gasteiger partial charge in [0.15, 0.2) is 0 Å². The standard InChI is InChI=1S/C9H15NO4S/c1-4-5-14-8(13)10-9(2,6-15-3)7(11)12/h4H,1,5-6H2,2-3H3,(H,10,13)(H,11,12). The van der Waals surface area contributed by atoms with E-state index in [2.05, 4.69) is 16.6 Å². The Balaban J connectivity index is 4.34. The summed E-state index contributed by atoms with van der Waals surface area (Å²) in [6.07, 6.45) is 2.42. The van der Waals surface area contributed by atoms with E-state index in [-0.39, 0.29) is 12.4 Å². The summed E-state index contributed by atoms with van der Waals surface area (Å²) in [5.41, 5.74) is -1.31. The highest BCUT2D eigenvalue weighted by Gasteiger charge is 2.34. The Kier molecular flexibility index (Phi) is 5.84. The van der Waals surface area contributed by atoms with E-state index in [0.29, 0.717) is 0 Å². The zero-order valence-corrected chi connectivity index (χ0v) is 9.60. The number of carbonyl (C=O) groups is 2. The summed E-state index contributed by atoms with van der Waals surface area (Å²) in [5, 5.41) is 11.2. The van der Waals surface area contributed by atoms with E-state index >= 15 is 0 Å². The number of amides is 1. The third kappa shape index (κ3) is 4.73. The molecule has 0 fully saturated rings. The van der Waals surface area contributed by atoms with Gasteiger partial charge in [0.05, 0.1) is 0 Å². The van der Waals surface area contributed by atoms with E-state index in [1.807, 2.05) is 0 Å². The number of alkyl carbamates (subject to hydrolysis) is 1. The number of ether oxygens (including phenoxy) is 1. The molecule has 0 spiro atoms. The fraction of sp³-hybridized carbons (Fsp3) is 0.556. The fourth-order valence-corrected chi connectivity index (χ4v) is 1.61. The van der Waals surface area contributed by atoms with E-state index in [9.17, 15) is 9.59 Å². The van der Waals surface area contributed by atoms with Gasteiger partial charge >= 0.3 is 12.1 Å². The SMILES string of the molecule is C=CCOC(=O)NC(C)(CSC)C(=O)O. The van der Waals surface area contributed by atoms with Crippen LogP contribution in [0.4, 0.5) is 4.79 Å². The Labute approximate surface area is 92.9 Å². The van der Waals surface area contributed by atoms with Crippen LogP contribution in [0.25, 0.3) is 0 Å². The monoisotopic (exact) mass is 233 g/mol. The first-order valence-corrected chi connectivity index (χ1v) is 5.64. The van der Waals surface area contributed by atoms with Crippen LogP contribution < -0.4 is 5.32 Å². The fourth-order valence-electron chi connectivity index (χ4n) is 0.836. The van der Waals surface area contributed by atoms with Gasteiger partial charge in [0, 0.05) is 5.75 Å². The number of carboxylic acids is 1. The van der Waals surface area contributed by atoms with Crippen molar-refractivity contribution in [3.05, 3.63) is 12.7 Å². The Bertz CT molecular complexity index is 256. The number of hydrogen-bond donors (Lipinski definition) is 2. The van der Waals surface area contributed by atoms with Crippen molar-refractivity contribution in [2.45, 2.75) is 12.5 Å². The minimum Gasteiger partial charge on any atom is -0.479 e. The van der Waals surface area contributed by atoms with Gasteiger partial charge in [-0.25, -0.2) is 9.59 Å². The number of rotatable bonds is 6. The summed E-state index contributed by atoms with van der Waals surface area (Å²) in [5.74, 6) is -0.821. The number of thioether (sulfide) groups is 1. The maximum Gasteiger partial charge on any atom is 0.408 e. The quantitative estimate of drug-likeness (QED) is 0.672. The van der Waals surface area contributed by atoms with Gasteiger partial charge in [0.25, 0.3) is 0 Å². The highest BCUT2D eigenvalue weighted by molar-refractivity contribution is 7.98. The molecular weight excluding hydrogens is 218 g/mol. The molecule has 0 radical (unpaired) electrons. The predicted octanol–water partition coefficient (Wildman–Crippen LogP) is 1.10. The van der Waals surface area contributed by atoms with Crippen LogP contribution in [0, 0.1) is 0 Å². The van der Waals surface area contributed by atoms with Crippen LogP contribution in [0.2, 0.25) is 0 Å². The molecule has 0 aromatic rings. The van der Waals surface area contributed by atoms with Gasteiger partial charge in [-0.05, 0) is 13.2 Å². The molecule has 6 heteroatoms. The zero-order chi connectivity index (χ0) is 11.9. The topological polar surface area (TPSA) is 75.6 Å². The van der Waals surface area contributed by atoms with Gasteiger partial charge in [-0.3, -0.25) is 0 Å². The largest absolute Gasteiger partial charge is 0.479 e. The Hall–Kier alpha value is -1.17. The molecule has 5 nitrogen and oxygen atoms in total. The molecule has 0 saturated carbocycles. The summed E-state index contributed by atoms with van der Waals surface area (Å²) in [6, 6.07) is 0. The van der Waals surface area contributed by atoms with Crippen LogP contribution in [0.3, 0.4) is 0 Å². The Morgan fingerprint density at radius 1 is 1.67 bits per heavy atom. The first-order chi connectivity index (χ1) is 6.96. The minimum atomic E-state index is -1.31. The molecule has 0 aliphatic heterocycles. The molecule has 0 aromatic heterocycles. The van der Waals surface area contributed by atoms with Gasteiger partial charge in [-0.1, -0.05) is 12.7 Å². The lowest BCUT2D eigenvalue weighted by molar-refractivity contribution is -0.142. The van der Waals surface area contributed by atoms with Crippen LogP contribution in [0.15, 0.2) is 12.7 Å². The number of hydrogen-bond acceptors (Lipinski definition) is 4. The molecule has 0 saturated heterocycles. The van der Waals surface area contributed by atoms with Crippen LogP contribution in [0.5, 0.6) is 0 Å². The number of carboxylic acid groups (broad SMARTS) is 1. The minimum absolute atomic E-state index is 0.0563. The maximum absolute atomic E-state index is 11.1. The third-order valence-corrected chi connectivity index (χ3v) is 2.48. The summed E-state index contributed by atoms with van der Waals surface area (Å²) in [7, 11) is 0. The van der Waals surface area contributed by atoms with Crippen molar-refractivity contribution in [3.63, 3.8) is 0 Å². The number of carbonyl (C=O) groups excluding carboxylic acids is 1. The molecule has 0 aliphatic rings. The second kappa shape index (κ2) is 6.34. The van der Waals surface area contributed by atoms with Crippen LogP contribution >= 0.6 is 11.8 Å². The molecule has 0 bridgehead atoms. The molecule has 1 atom stereocenters. The number of nitrogens with one attached hydrogen (secondary N) is 1. The summed E-state index contributed by atoms with van der Waals surface area (Å²) >= 11 is 1.33. The highest BCUT2D eigenvalue weighted by Crippen LogP contribution is 2.11. The Morgan fingerprint density at radius 2 is 2.27 bits per heavy atom. The normalized spacial score (nSPS) is 13.7. The van der Waals surface area contributed by atoms with E-state index in [1.54, 1.807) is 6.26 Å². The van der Waals surface area contributed by atoms with Gasteiger partial charge < -0.3 is 15.2 Å². The Morgan fingerprint density at radius 3 is 2.67 bits per heavy atom. The molecule has 1 unspecified atom stereocenters. The average molecular weight is 233 g/mol. The van der Waals surface area contributed by atoms with E-state index < -0.39 is 17.6 Å². The van der Waals surface area contributed by atoms with E-state index in [0.717, 1.165) is 0 Å². The van der Waals surface area contributed by atoms with Crippen molar-refractivity contribution >= 4 is 23.8 Å². The maximum atomic E-state index is 11.1. The first kappa shape index (κ1) is 13.8. The summed E-state index contributed by atoms with van der Waals surface area (Å²) in [6.45, 7) is 4.86. The zero-order valence-electron chi connectivity index (χ0n) is 8.78. The second-order valence-electron chi connectivity index (χ2n) is 3.08. The third-order valence-electron chi connectivity index (χ3n) is 1.62. The van der Waals surface area contributed by atoms with Crippen LogP contribution in [-0.2, 0) is 9.53 Å². The average Bonchev–Trinajstić information content (AvgIpc) is 2.14. The van der Waals surface area contributed by atoms with Gasteiger partial charge in [-0.15, -0.1) is 0 Å². The molecule has 0 aliphatic carbocycles. The lowest BCUT2D eigenvalue weighted by Gasteiger charge is -2.24. The van der Waals surface area contributed by atoms with Crippen LogP contribution in [-0.4, -0.2) is 41.3 Å². The predicted molar refractivity (Wildman–Crippen MR) is 59.1 cm³/mol. The van der Waals surface area contributed by atoms with Crippen molar-refractivity contribution in [2.24, 2.45) is 0 Å². The molecule has 0 aromatic carbocycles. The van der Waals surface area contributed by atoms with Gasteiger partial charge in [0.2, 0.25) is 0 Å². The molecule has 1 amide bonds. The molecule has 0 rings (SSSR count). The van der Waals surface area contributed by atoms with E-state index in [4.69, 9.17) is 5.11 Å². The lowest BCUT2D eigenvalue weighted by atomic mass is 10.1.